The van der Waals surface area contributed by atoms with Crippen molar-refractivity contribution in [3.05, 3.63) is 240 Å². The van der Waals surface area contributed by atoms with Crippen LogP contribution in [0.2, 0.25) is 0 Å². The van der Waals surface area contributed by atoms with E-state index < -0.39 is 5.41 Å². The zero-order valence-corrected chi connectivity index (χ0v) is 33.9. The van der Waals surface area contributed by atoms with Crippen LogP contribution in [0, 0.1) is 0 Å². The summed E-state index contributed by atoms with van der Waals surface area (Å²) in [5, 5.41) is 0. The molecule has 61 heavy (non-hydrogen) atoms. The van der Waals surface area contributed by atoms with Crippen LogP contribution in [0.15, 0.2) is 206 Å². The van der Waals surface area contributed by atoms with Gasteiger partial charge in [-0.1, -0.05) is 166 Å². The van der Waals surface area contributed by atoms with Crippen molar-refractivity contribution in [2.75, 3.05) is 9.80 Å². The first-order chi connectivity index (χ1) is 30.0. The molecule has 0 saturated heterocycles. The summed E-state index contributed by atoms with van der Waals surface area (Å²) in [4.78, 5) is 4.83. The maximum atomic E-state index is 7.14. The van der Waals surface area contributed by atoms with E-state index in [0.717, 1.165) is 39.9 Å². The average molecular weight is 781 g/mol. The molecule has 9 aromatic rings. The molecule has 2 aliphatic carbocycles. The molecule has 2 aliphatic heterocycles. The van der Waals surface area contributed by atoms with Crippen molar-refractivity contribution in [3.63, 3.8) is 0 Å². The smallest absolute Gasteiger partial charge is 0.153 e. The molecule has 3 heteroatoms. The Balaban J connectivity index is 0.990. The Bertz CT molecular complexity index is 3230. The molecule has 0 radical (unpaired) electrons. The van der Waals surface area contributed by atoms with Crippen LogP contribution in [0.5, 0.6) is 11.5 Å². The lowest BCUT2D eigenvalue weighted by Crippen LogP contribution is -2.37. The molecule has 288 valence electrons. The van der Waals surface area contributed by atoms with Gasteiger partial charge in [-0.25, -0.2) is 0 Å². The fraction of sp³-hybridized carbons (Fsp3) is 0.0690. The fourth-order valence-corrected chi connectivity index (χ4v) is 11.2. The first-order valence-electron chi connectivity index (χ1n) is 21.3. The predicted molar refractivity (Wildman–Crippen MR) is 250 cm³/mol. The van der Waals surface area contributed by atoms with Crippen LogP contribution in [0.4, 0.5) is 34.1 Å². The van der Waals surface area contributed by atoms with Crippen LogP contribution < -0.4 is 14.5 Å². The third-order valence-corrected chi connectivity index (χ3v) is 13.8. The Kier molecular flexibility index (Phi) is 6.99. The van der Waals surface area contributed by atoms with Gasteiger partial charge in [0.05, 0.1) is 22.5 Å². The highest BCUT2D eigenvalue weighted by molar-refractivity contribution is 6.00. The molecule has 13 rings (SSSR count). The van der Waals surface area contributed by atoms with Crippen LogP contribution in [0.1, 0.15) is 47.2 Å². The molecule has 2 heterocycles. The standard InChI is InChI=1S/C58H40N2O/c1-57(2)46-20-9-6-17-42(46)45-33-31-40(35-51(45)57)59(39-29-27-38(28-30-39)37-15-4-3-5-16-37)41-32-34-53-55(36-41)61-54-26-14-24-50-56(54)60(53)52-25-13-12-23-49(52)58(50)47-21-10-7-18-43(47)44-19-8-11-22-48(44)58/h3-36H,1-2H3. The van der Waals surface area contributed by atoms with E-state index in [0.29, 0.717) is 0 Å². The van der Waals surface area contributed by atoms with Crippen molar-refractivity contribution in [3.8, 4) is 44.9 Å². The lowest BCUT2D eigenvalue weighted by atomic mass is 9.64. The zero-order chi connectivity index (χ0) is 40.5. The second-order valence-corrected chi connectivity index (χ2v) is 17.2. The minimum Gasteiger partial charge on any atom is -0.453 e. The van der Waals surface area contributed by atoms with Crippen LogP contribution in [-0.2, 0) is 10.8 Å². The molecular formula is C58H40N2O. The Labute approximate surface area is 356 Å². The van der Waals surface area contributed by atoms with Gasteiger partial charge < -0.3 is 14.5 Å². The van der Waals surface area contributed by atoms with Gasteiger partial charge in [0, 0.05) is 28.5 Å². The second-order valence-electron chi connectivity index (χ2n) is 17.2. The van der Waals surface area contributed by atoms with Crippen molar-refractivity contribution in [1.29, 1.82) is 0 Å². The van der Waals surface area contributed by atoms with Crippen molar-refractivity contribution in [2.24, 2.45) is 0 Å². The van der Waals surface area contributed by atoms with Crippen molar-refractivity contribution in [2.45, 2.75) is 24.7 Å². The second kappa shape index (κ2) is 12.5. The van der Waals surface area contributed by atoms with E-state index in [1.54, 1.807) is 0 Å². The molecule has 0 fully saturated rings. The summed E-state index contributed by atoms with van der Waals surface area (Å²) in [5.74, 6) is 1.67. The quantitative estimate of drug-likeness (QED) is 0.177. The maximum absolute atomic E-state index is 7.14. The summed E-state index contributed by atoms with van der Waals surface area (Å²) >= 11 is 0. The third kappa shape index (κ3) is 4.58. The number of anilines is 6. The number of hydrogen-bond acceptors (Lipinski definition) is 3. The van der Waals surface area contributed by atoms with Gasteiger partial charge in [0.2, 0.25) is 0 Å². The van der Waals surface area contributed by atoms with Gasteiger partial charge in [0.25, 0.3) is 0 Å². The molecule has 0 atom stereocenters. The van der Waals surface area contributed by atoms with Crippen LogP contribution in [-0.4, -0.2) is 0 Å². The van der Waals surface area contributed by atoms with Crippen molar-refractivity contribution >= 4 is 34.1 Å². The number of hydrogen-bond donors (Lipinski definition) is 0. The van der Waals surface area contributed by atoms with E-state index in [9.17, 15) is 0 Å². The van der Waals surface area contributed by atoms with E-state index in [1.807, 2.05) is 0 Å². The minimum absolute atomic E-state index is 0.134. The summed E-state index contributed by atoms with van der Waals surface area (Å²) in [5.41, 5.74) is 21.3. The Morgan fingerprint density at radius 2 is 0.918 bits per heavy atom. The summed E-state index contributed by atoms with van der Waals surface area (Å²) in [7, 11) is 0. The molecule has 0 aromatic heterocycles. The van der Waals surface area contributed by atoms with E-state index in [4.69, 9.17) is 4.74 Å². The molecule has 0 N–H and O–H groups in total. The number of fused-ring (bicyclic) bond motifs is 14. The average Bonchev–Trinajstić information content (AvgIpc) is 3.73. The van der Waals surface area contributed by atoms with Gasteiger partial charge in [-0.2, -0.15) is 0 Å². The molecule has 0 unspecified atom stereocenters. The highest BCUT2D eigenvalue weighted by atomic mass is 16.5. The van der Waals surface area contributed by atoms with E-state index >= 15 is 0 Å². The molecule has 1 spiro atoms. The largest absolute Gasteiger partial charge is 0.453 e. The minimum atomic E-state index is -0.490. The van der Waals surface area contributed by atoms with Crippen molar-refractivity contribution in [1.82, 2.24) is 0 Å². The topological polar surface area (TPSA) is 15.7 Å². The van der Waals surface area contributed by atoms with Gasteiger partial charge >= 0.3 is 0 Å². The normalized spacial score (nSPS) is 14.8. The molecule has 0 saturated carbocycles. The highest BCUT2D eigenvalue weighted by Gasteiger charge is 2.53. The summed E-state index contributed by atoms with van der Waals surface area (Å²) < 4.78 is 7.14. The summed E-state index contributed by atoms with van der Waals surface area (Å²) in [6, 6.07) is 75.7. The van der Waals surface area contributed by atoms with Crippen molar-refractivity contribution < 1.29 is 4.74 Å². The highest BCUT2D eigenvalue weighted by Crippen LogP contribution is 2.67. The van der Waals surface area contributed by atoms with Crippen LogP contribution in [0.25, 0.3) is 33.4 Å². The first kappa shape index (κ1) is 34.3. The molecular weight excluding hydrogens is 741 g/mol. The number of nitrogens with zero attached hydrogens (tertiary/aromatic N) is 2. The van der Waals surface area contributed by atoms with Gasteiger partial charge in [-0.15, -0.1) is 0 Å². The SMILES string of the molecule is CC1(C)c2ccccc2-c2ccc(N(c3ccc(-c4ccccc4)cc3)c3ccc4c(c3)Oc3cccc5c3N4c3ccccc3C53c4ccccc4-c4ccccc43)cc21. The number of rotatable bonds is 4. The van der Waals surface area contributed by atoms with Gasteiger partial charge in [0.1, 0.15) is 0 Å². The monoisotopic (exact) mass is 780 g/mol. The summed E-state index contributed by atoms with van der Waals surface area (Å²) in [6.45, 7) is 4.70. The van der Waals surface area contributed by atoms with Crippen LogP contribution in [0.3, 0.4) is 0 Å². The van der Waals surface area contributed by atoms with Gasteiger partial charge in [-0.3, -0.25) is 0 Å². The van der Waals surface area contributed by atoms with Gasteiger partial charge in [-0.05, 0) is 115 Å². The van der Waals surface area contributed by atoms with Gasteiger partial charge in [0.15, 0.2) is 11.5 Å². The predicted octanol–water partition coefficient (Wildman–Crippen LogP) is 15.4. The number of para-hydroxylation sites is 2. The molecule has 0 bridgehead atoms. The summed E-state index contributed by atoms with van der Waals surface area (Å²) in [6.07, 6.45) is 0. The van der Waals surface area contributed by atoms with E-state index in [2.05, 4.69) is 230 Å². The maximum Gasteiger partial charge on any atom is 0.153 e. The molecule has 0 amide bonds. The fourth-order valence-electron chi connectivity index (χ4n) is 11.2. The third-order valence-electron chi connectivity index (χ3n) is 13.8. The number of ether oxygens (including phenoxy) is 1. The molecule has 4 aliphatic rings. The Hall–Kier alpha value is -7.62. The van der Waals surface area contributed by atoms with E-state index in [-0.39, 0.29) is 5.41 Å². The lowest BCUT2D eigenvalue weighted by Gasteiger charge is -2.47. The van der Waals surface area contributed by atoms with Crippen LogP contribution >= 0.6 is 0 Å². The lowest BCUT2D eigenvalue weighted by molar-refractivity contribution is 0.474. The zero-order valence-electron chi connectivity index (χ0n) is 33.9. The molecule has 3 nitrogen and oxygen atoms in total. The first-order valence-corrected chi connectivity index (χ1v) is 21.3. The molecule has 9 aromatic carbocycles. The Morgan fingerprint density at radius 1 is 0.377 bits per heavy atom. The Morgan fingerprint density at radius 3 is 1.66 bits per heavy atom. The van der Waals surface area contributed by atoms with E-state index in [1.165, 1.54) is 72.4 Å². The number of benzene rings is 9.